The molecule has 0 aliphatic carbocycles. The molecule has 0 unspecified atom stereocenters. The van der Waals surface area contributed by atoms with Crippen LogP contribution >= 0.6 is 0 Å². The lowest BCUT2D eigenvalue weighted by Gasteiger charge is -2.42. The molecule has 3 heteroatoms. The van der Waals surface area contributed by atoms with Gasteiger partial charge in [-0.3, -0.25) is 0 Å². The first-order valence-electron chi connectivity index (χ1n) is 6.27. The van der Waals surface area contributed by atoms with Crippen LogP contribution < -0.4 is 5.73 Å². The summed E-state index contributed by atoms with van der Waals surface area (Å²) in [5.74, 6) is 0. The minimum absolute atomic E-state index is 0.174. The first-order chi connectivity index (χ1) is 7.82. The number of ether oxygens (including phenoxy) is 1. The van der Waals surface area contributed by atoms with E-state index in [1.54, 1.807) is 0 Å². The number of hydrogen-bond donors (Lipinski definition) is 1. The summed E-state index contributed by atoms with van der Waals surface area (Å²) in [5, 5.41) is -0.264. The Bertz CT molecular complexity index is 345. The van der Waals surface area contributed by atoms with Crippen molar-refractivity contribution in [3.63, 3.8) is 0 Å². The smallest absolute Gasteiger partial charge is 0.0912 e. The van der Waals surface area contributed by atoms with Crippen LogP contribution in [0.15, 0.2) is 30.3 Å². The maximum absolute atomic E-state index is 6.36. The summed E-state index contributed by atoms with van der Waals surface area (Å²) in [4.78, 5) is 0. The molecule has 0 fully saturated rings. The van der Waals surface area contributed by atoms with Crippen molar-refractivity contribution in [2.24, 2.45) is 5.73 Å². The van der Waals surface area contributed by atoms with Gasteiger partial charge in [0.1, 0.15) is 0 Å². The average molecular weight is 251 g/mol. The Kier molecular flexibility index (Phi) is 4.53. The summed E-state index contributed by atoms with van der Waals surface area (Å²) in [7, 11) is -1.09. The van der Waals surface area contributed by atoms with Crippen molar-refractivity contribution in [2.75, 3.05) is 6.54 Å². The molecule has 96 valence electrons. The Balaban J connectivity index is 3.19. The molecule has 0 aromatic heterocycles. The first-order valence-corrected chi connectivity index (χ1v) is 9.16. The van der Waals surface area contributed by atoms with Crippen molar-refractivity contribution in [2.45, 2.75) is 44.7 Å². The molecule has 2 N–H and O–H groups in total. The summed E-state index contributed by atoms with van der Waals surface area (Å²) in [6.07, 6.45) is 0. The second-order valence-electron chi connectivity index (χ2n) is 5.83. The van der Waals surface area contributed by atoms with Gasteiger partial charge in [0.05, 0.1) is 19.6 Å². The molecular weight excluding hydrogens is 226 g/mol. The van der Waals surface area contributed by atoms with E-state index in [9.17, 15) is 0 Å². The summed E-state index contributed by atoms with van der Waals surface area (Å²) in [6, 6.07) is 10.4. The molecule has 2 nitrogen and oxygen atoms in total. The fourth-order valence-corrected chi connectivity index (χ4v) is 4.09. The van der Waals surface area contributed by atoms with Gasteiger partial charge in [-0.15, -0.1) is 0 Å². The second-order valence-corrected chi connectivity index (χ2v) is 9.07. The zero-order valence-corrected chi connectivity index (χ0v) is 12.8. The SMILES string of the molecule is C[SiH](C)[C@](CN)(OC(C)(C)C)c1ccccc1. The molecule has 1 atom stereocenters. The highest BCUT2D eigenvalue weighted by Crippen LogP contribution is 2.32. The molecule has 0 radical (unpaired) electrons. The number of rotatable bonds is 4. The summed E-state index contributed by atoms with van der Waals surface area (Å²) in [6.45, 7) is 11.4. The zero-order chi connectivity index (χ0) is 13.1. The molecule has 0 saturated carbocycles. The Morgan fingerprint density at radius 2 is 1.65 bits per heavy atom. The quantitative estimate of drug-likeness (QED) is 0.835. The Morgan fingerprint density at radius 3 is 2.00 bits per heavy atom. The van der Waals surface area contributed by atoms with Crippen LogP contribution in [0.2, 0.25) is 13.1 Å². The third-order valence-electron chi connectivity index (χ3n) is 2.99. The van der Waals surface area contributed by atoms with Crippen LogP contribution in [0.3, 0.4) is 0 Å². The van der Waals surface area contributed by atoms with Crippen LogP contribution in [0.25, 0.3) is 0 Å². The predicted octanol–water partition coefficient (Wildman–Crippen LogP) is 2.68. The van der Waals surface area contributed by atoms with Crippen molar-refractivity contribution < 1.29 is 4.74 Å². The minimum atomic E-state index is -1.09. The predicted molar refractivity (Wildman–Crippen MR) is 76.9 cm³/mol. The lowest BCUT2D eigenvalue weighted by atomic mass is 10.1. The molecule has 1 aromatic rings. The van der Waals surface area contributed by atoms with Gasteiger partial charge >= 0.3 is 0 Å². The highest BCUT2D eigenvalue weighted by atomic mass is 28.3. The molecule has 1 rings (SSSR count). The molecule has 0 aliphatic rings. The maximum atomic E-state index is 6.36. The normalized spacial score (nSPS) is 15.9. The molecule has 0 amide bonds. The molecule has 1 aromatic carbocycles. The van der Waals surface area contributed by atoms with Crippen LogP contribution in [-0.4, -0.2) is 20.9 Å². The lowest BCUT2D eigenvalue weighted by molar-refractivity contribution is -0.0885. The number of benzene rings is 1. The minimum Gasteiger partial charge on any atom is -0.367 e. The number of hydrogen-bond acceptors (Lipinski definition) is 2. The maximum Gasteiger partial charge on any atom is 0.0912 e. The van der Waals surface area contributed by atoms with Gasteiger partial charge in [-0.05, 0) is 26.3 Å². The van der Waals surface area contributed by atoms with Crippen molar-refractivity contribution in [1.29, 1.82) is 0 Å². The van der Waals surface area contributed by atoms with Gasteiger partial charge in [-0.25, -0.2) is 0 Å². The third kappa shape index (κ3) is 3.41. The van der Waals surface area contributed by atoms with Crippen LogP contribution in [0.1, 0.15) is 26.3 Å². The largest absolute Gasteiger partial charge is 0.367 e. The average Bonchev–Trinajstić information content (AvgIpc) is 2.25. The van der Waals surface area contributed by atoms with Crippen molar-refractivity contribution in [3.8, 4) is 0 Å². The van der Waals surface area contributed by atoms with Crippen LogP contribution in [0, 0.1) is 0 Å². The Labute approximate surface area is 107 Å². The van der Waals surface area contributed by atoms with Gasteiger partial charge in [0.15, 0.2) is 0 Å². The van der Waals surface area contributed by atoms with E-state index in [-0.39, 0.29) is 10.8 Å². The van der Waals surface area contributed by atoms with Gasteiger partial charge in [0, 0.05) is 6.54 Å². The van der Waals surface area contributed by atoms with E-state index in [4.69, 9.17) is 10.5 Å². The van der Waals surface area contributed by atoms with Gasteiger partial charge in [-0.1, -0.05) is 43.4 Å². The Morgan fingerprint density at radius 1 is 1.12 bits per heavy atom. The molecule has 0 aliphatic heterocycles. The number of nitrogens with two attached hydrogens (primary N) is 1. The van der Waals surface area contributed by atoms with Crippen molar-refractivity contribution in [3.05, 3.63) is 35.9 Å². The highest BCUT2D eigenvalue weighted by molar-refractivity contribution is 6.59. The summed E-state index contributed by atoms with van der Waals surface area (Å²) in [5.41, 5.74) is 7.10. The van der Waals surface area contributed by atoms with E-state index in [1.807, 2.05) is 6.07 Å². The third-order valence-corrected chi connectivity index (χ3v) is 5.54. The fourth-order valence-electron chi connectivity index (χ4n) is 2.17. The van der Waals surface area contributed by atoms with E-state index in [0.29, 0.717) is 6.54 Å². The van der Waals surface area contributed by atoms with E-state index in [2.05, 4.69) is 58.1 Å². The summed E-state index contributed by atoms with van der Waals surface area (Å²) < 4.78 is 6.36. The molecule has 0 bridgehead atoms. The molecule has 0 heterocycles. The van der Waals surface area contributed by atoms with Crippen LogP contribution in [0.5, 0.6) is 0 Å². The van der Waals surface area contributed by atoms with E-state index < -0.39 is 8.80 Å². The van der Waals surface area contributed by atoms with Gasteiger partial charge in [0.2, 0.25) is 0 Å². The monoisotopic (exact) mass is 251 g/mol. The molecule has 0 spiro atoms. The topological polar surface area (TPSA) is 35.2 Å². The highest BCUT2D eigenvalue weighted by Gasteiger charge is 2.39. The van der Waals surface area contributed by atoms with Crippen molar-refractivity contribution in [1.82, 2.24) is 0 Å². The second kappa shape index (κ2) is 5.34. The Hall–Kier alpha value is -0.643. The van der Waals surface area contributed by atoms with Gasteiger partial charge < -0.3 is 10.5 Å². The summed E-state index contributed by atoms with van der Waals surface area (Å²) >= 11 is 0. The molecule has 17 heavy (non-hydrogen) atoms. The zero-order valence-electron chi connectivity index (χ0n) is 11.7. The van der Waals surface area contributed by atoms with E-state index in [1.165, 1.54) is 5.56 Å². The van der Waals surface area contributed by atoms with Gasteiger partial charge in [0.25, 0.3) is 0 Å². The van der Waals surface area contributed by atoms with Crippen LogP contribution in [0.4, 0.5) is 0 Å². The van der Waals surface area contributed by atoms with E-state index in [0.717, 1.165) is 0 Å². The fraction of sp³-hybridized carbons (Fsp3) is 0.571. The van der Waals surface area contributed by atoms with Gasteiger partial charge in [-0.2, -0.15) is 0 Å². The molecular formula is C14H25NOSi. The standard InChI is InChI=1S/C14H25NOSi/c1-13(2,3)16-14(11-15,17(4)5)12-9-7-6-8-10-12/h6-10,17H,11,15H2,1-5H3/t14-/m0/s1. The van der Waals surface area contributed by atoms with Crippen molar-refractivity contribution >= 4 is 8.80 Å². The first kappa shape index (κ1) is 14.4. The van der Waals surface area contributed by atoms with Crippen LogP contribution in [-0.2, 0) is 9.96 Å². The van der Waals surface area contributed by atoms with E-state index >= 15 is 0 Å². The lowest BCUT2D eigenvalue weighted by Crippen LogP contribution is -2.52. The molecule has 0 saturated heterocycles.